The van der Waals surface area contributed by atoms with Crippen LogP contribution in [0.1, 0.15) is 66.7 Å². The zero-order valence-electron chi connectivity index (χ0n) is 12.8. The van der Waals surface area contributed by atoms with Gasteiger partial charge in [-0.25, -0.2) is 4.59 Å². The molecule has 0 saturated heterocycles. The van der Waals surface area contributed by atoms with Crippen LogP contribution in [0.5, 0.6) is 0 Å². The van der Waals surface area contributed by atoms with E-state index in [0.29, 0.717) is 0 Å². The van der Waals surface area contributed by atoms with E-state index in [2.05, 4.69) is 34.6 Å². The molecule has 2 heteroatoms. The molecule has 0 amide bonds. The topological polar surface area (TPSA) is 26.0 Å². The first-order valence-electron chi connectivity index (χ1n) is 7.67. The van der Waals surface area contributed by atoms with Gasteiger partial charge in [0.05, 0.1) is 19.6 Å². The molecule has 0 aliphatic heterocycles. The van der Waals surface area contributed by atoms with Gasteiger partial charge in [-0.2, -0.15) is 5.84 Å². The van der Waals surface area contributed by atoms with Gasteiger partial charge in [0, 0.05) is 0 Å². The molecule has 0 heterocycles. The highest BCUT2D eigenvalue weighted by atomic mass is 17.0. The Morgan fingerprint density at radius 3 is 2.00 bits per heavy atom. The average Bonchev–Trinajstić information content (AvgIpc) is 2.35. The minimum atomic E-state index is 0.747. The lowest BCUT2D eigenvalue weighted by Crippen LogP contribution is -2.54. The van der Waals surface area contributed by atoms with E-state index in [1.165, 1.54) is 32.1 Å². The van der Waals surface area contributed by atoms with E-state index in [4.69, 9.17) is 5.84 Å². The number of hydrogen-bond donors (Lipinski definition) is 1. The average molecular weight is 245 g/mol. The van der Waals surface area contributed by atoms with Crippen molar-refractivity contribution in [3.05, 3.63) is 0 Å². The van der Waals surface area contributed by atoms with Crippen LogP contribution in [0.25, 0.3) is 0 Å². The summed E-state index contributed by atoms with van der Waals surface area (Å²) in [6, 6.07) is 0. The molecular weight excluding hydrogens is 210 g/mol. The first-order valence-corrected chi connectivity index (χ1v) is 7.67. The van der Waals surface area contributed by atoms with Crippen molar-refractivity contribution in [1.29, 1.82) is 0 Å². The Hall–Kier alpha value is -0.0800. The Kier molecular flexibility index (Phi) is 8.89. The van der Waals surface area contributed by atoms with Gasteiger partial charge in [0.15, 0.2) is 0 Å². The third kappa shape index (κ3) is 6.42. The summed E-state index contributed by atoms with van der Waals surface area (Å²) >= 11 is 0. The fourth-order valence-electron chi connectivity index (χ4n) is 2.77. The minimum Gasteiger partial charge on any atom is -0.249 e. The van der Waals surface area contributed by atoms with Crippen molar-refractivity contribution in [1.82, 2.24) is 0 Å². The monoisotopic (exact) mass is 245 g/mol. The number of nitrogens with two attached hydrogens (primary N) is 1. The molecule has 2 nitrogen and oxygen atoms in total. The molecule has 0 radical (unpaired) electrons. The normalized spacial score (nSPS) is 15.9. The second kappa shape index (κ2) is 8.93. The number of nitrogens with zero attached hydrogens (tertiary/aromatic N) is 1. The van der Waals surface area contributed by atoms with Crippen LogP contribution < -0.4 is 5.84 Å². The second-order valence-corrected chi connectivity index (χ2v) is 5.65. The first-order chi connectivity index (χ1) is 8.02. The van der Waals surface area contributed by atoms with Crippen LogP contribution >= 0.6 is 0 Å². The summed E-state index contributed by atoms with van der Waals surface area (Å²) in [4.78, 5) is 0. The van der Waals surface area contributed by atoms with Gasteiger partial charge in [-0.05, 0) is 38.5 Å². The van der Waals surface area contributed by atoms with Crippen LogP contribution in [-0.2, 0) is 0 Å². The van der Waals surface area contributed by atoms with Crippen LogP contribution in [-0.4, -0.2) is 24.2 Å². The molecular formula is C15H35N2+. The van der Waals surface area contributed by atoms with Crippen molar-refractivity contribution in [3.63, 3.8) is 0 Å². The Labute approximate surface area is 109 Å². The van der Waals surface area contributed by atoms with Crippen molar-refractivity contribution in [2.45, 2.75) is 66.7 Å². The largest absolute Gasteiger partial charge is 0.249 e. The fourth-order valence-corrected chi connectivity index (χ4v) is 2.77. The minimum absolute atomic E-state index is 0.747. The fraction of sp³-hybridized carbons (Fsp3) is 1.00. The van der Waals surface area contributed by atoms with Gasteiger partial charge in [-0.1, -0.05) is 40.0 Å². The Bertz CT molecular complexity index is 176. The predicted molar refractivity (Wildman–Crippen MR) is 77.5 cm³/mol. The summed E-state index contributed by atoms with van der Waals surface area (Å²) in [5.74, 6) is 8.07. The molecule has 0 aliphatic carbocycles. The van der Waals surface area contributed by atoms with Gasteiger partial charge >= 0.3 is 0 Å². The molecule has 0 saturated carbocycles. The van der Waals surface area contributed by atoms with E-state index in [9.17, 15) is 0 Å². The molecule has 0 bridgehead atoms. The molecule has 104 valence electrons. The van der Waals surface area contributed by atoms with E-state index in [-0.39, 0.29) is 0 Å². The second-order valence-electron chi connectivity index (χ2n) is 5.65. The van der Waals surface area contributed by atoms with Crippen LogP contribution in [0, 0.1) is 11.8 Å². The smallest absolute Gasteiger partial charge is 0.0960 e. The van der Waals surface area contributed by atoms with E-state index in [1.54, 1.807) is 0 Å². The van der Waals surface area contributed by atoms with Gasteiger partial charge in [-0.3, -0.25) is 0 Å². The van der Waals surface area contributed by atoms with Crippen LogP contribution in [0.4, 0.5) is 0 Å². The highest BCUT2D eigenvalue weighted by Gasteiger charge is 2.19. The number of hydrogen-bond acceptors (Lipinski definition) is 1. The standard InChI is InChI=1S/C15H35N2/c1-6-11-15(7-2)14(5)12-10-13-17(16,8-3)9-4/h14-15H,6-13,16H2,1-5H3/q+1/i17+2. The van der Waals surface area contributed by atoms with E-state index in [0.717, 1.165) is 36.1 Å². The van der Waals surface area contributed by atoms with Crippen LogP contribution in [0.3, 0.4) is 0 Å². The SMILES string of the molecule is CCCC(CC)C(C)CCC[16N+](N)(CC)CC. The van der Waals surface area contributed by atoms with E-state index < -0.39 is 0 Å². The molecule has 0 aromatic carbocycles. The van der Waals surface area contributed by atoms with Crippen LogP contribution in [0.15, 0.2) is 0 Å². The summed E-state index contributed by atoms with van der Waals surface area (Å²) in [5, 5.41) is 0. The molecule has 0 aromatic heterocycles. The lowest BCUT2D eigenvalue weighted by molar-refractivity contribution is -0.936. The lowest BCUT2D eigenvalue weighted by Gasteiger charge is -2.31. The molecule has 2 unspecified atom stereocenters. The zero-order chi connectivity index (χ0) is 13.3. The number of quaternary nitrogens is 1. The maximum absolute atomic E-state index is 6.29. The van der Waals surface area contributed by atoms with Crippen molar-refractivity contribution < 1.29 is 4.59 Å². The van der Waals surface area contributed by atoms with E-state index >= 15 is 0 Å². The van der Waals surface area contributed by atoms with Crippen LogP contribution in [0.2, 0.25) is 0 Å². The third-order valence-corrected chi connectivity index (χ3v) is 4.51. The maximum Gasteiger partial charge on any atom is 0.0960 e. The van der Waals surface area contributed by atoms with Gasteiger partial charge in [-0.15, -0.1) is 0 Å². The van der Waals surface area contributed by atoms with Gasteiger partial charge in [0.1, 0.15) is 0 Å². The molecule has 2 atom stereocenters. The summed E-state index contributed by atoms with van der Waals surface area (Å²) < 4.78 is 0.747. The predicted octanol–water partition coefficient (Wildman–Crippen LogP) is 3.96. The Morgan fingerprint density at radius 1 is 1.00 bits per heavy atom. The zero-order valence-corrected chi connectivity index (χ0v) is 12.8. The molecule has 0 aliphatic rings. The summed E-state index contributed by atoms with van der Waals surface area (Å²) in [6.45, 7) is 14.7. The Morgan fingerprint density at radius 2 is 1.59 bits per heavy atom. The first kappa shape index (κ1) is 16.9. The molecule has 0 rings (SSSR count). The summed E-state index contributed by atoms with van der Waals surface area (Å²) in [6.07, 6.45) is 6.67. The quantitative estimate of drug-likeness (QED) is 0.352. The molecule has 0 spiro atoms. The highest BCUT2D eigenvalue weighted by Crippen LogP contribution is 2.25. The molecule has 0 aromatic rings. The maximum atomic E-state index is 6.29. The van der Waals surface area contributed by atoms with Crippen molar-refractivity contribution in [2.75, 3.05) is 19.6 Å². The summed E-state index contributed by atoms with van der Waals surface area (Å²) in [7, 11) is 0. The van der Waals surface area contributed by atoms with E-state index in [1.807, 2.05) is 0 Å². The third-order valence-electron chi connectivity index (χ3n) is 4.51. The highest BCUT2D eigenvalue weighted by molar-refractivity contribution is 4.65. The van der Waals surface area contributed by atoms with Gasteiger partial charge < -0.3 is 0 Å². The van der Waals surface area contributed by atoms with Crippen molar-refractivity contribution in [3.8, 4) is 0 Å². The molecule has 2 N–H and O–H groups in total. The van der Waals surface area contributed by atoms with Gasteiger partial charge in [0.2, 0.25) is 0 Å². The van der Waals surface area contributed by atoms with Crippen molar-refractivity contribution in [2.24, 2.45) is 17.7 Å². The number of rotatable bonds is 10. The Balaban J connectivity index is 3.94. The van der Waals surface area contributed by atoms with Gasteiger partial charge in [0.25, 0.3) is 0 Å². The molecule has 17 heavy (non-hydrogen) atoms. The summed E-state index contributed by atoms with van der Waals surface area (Å²) in [5.41, 5.74) is 0. The van der Waals surface area contributed by atoms with Crippen molar-refractivity contribution >= 4 is 0 Å². The molecule has 0 fully saturated rings. The lowest BCUT2D eigenvalue weighted by atomic mass is 9.85.